The zero-order valence-electron chi connectivity index (χ0n) is 21.1. The summed E-state index contributed by atoms with van der Waals surface area (Å²) in [5.41, 5.74) is 1.98. The monoisotopic (exact) mass is 546 g/mol. The van der Waals surface area contributed by atoms with E-state index in [-0.39, 0.29) is 23.7 Å². The van der Waals surface area contributed by atoms with Crippen LogP contribution in [0.2, 0.25) is 0 Å². The smallest absolute Gasteiger partial charge is 0.264 e. The molecule has 39 heavy (non-hydrogen) atoms. The van der Waals surface area contributed by atoms with Crippen LogP contribution in [0, 0.1) is 5.82 Å². The molecule has 0 fully saturated rings. The Morgan fingerprint density at radius 3 is 1.90 bits per heavy atom. The van der Waals surface area contributed by atoms with Gasteiger partial charge in [-0.1, -0.05) is 60.7 Å². The van der Waals surface area contributed by atoms with Gasteiger partial charge in [-0.25, -0.2) is 12.8 Å². The summed E-state index contributed by atoms with van der Waals surface area (Å²) >= 11 is 0. The second-order valence-corrected chi connectivity index (χ2v) is 10.9. The number of hydrogen-bond acceptors (Lipinski definition) is 5. The van der Waals surface area contributed by atoms with Gasteiger partial charge in [0.2, 0.25) is 5.91 Å². The normalized spacial score (nSPS) is 12.5. The van der Waals surface area contributed by atoms with Gasteiger partial charge in [0.05, 0.1) is 10.6 Å². The van der Waals surface area contributed by atoms with Gasteiger partial charge in [-0.05, 0) is 47.5 Å². The predicted molar refractivity (Wildman–Crippen MR) is 146 cm³/mol. The van der Waals surface area contributed by atoms with E-state index >= 15 is 0 Å². The SMILES string of the molecule is O=C(CN(c1ccc(F)cc1)S(=O)(=O)c1ccc2c(c1)OCCO2)N(Cc1ccccc1)Cc1ccccc1. The van der Waals surface area contributed by atoms with E-state index in [9.17, 15) is 17.6 Å². The highest BCUT2D eigenvalue weighted by Gasteiger charge is 2.30. The molecule has 1 aliphatic rings. The molecule has 0 saturated carbocycles. The quantitative estimate of drug-likeness (QED) is 0.295. The third kappa shape index (κ3) is 6.21. The lowest BCUT2D eigenvalue weighted by molar-refractivity contribution is -0.130. The van der Waals surface area contributed by atoms with E-state index in [2.05, 4.69) is 0 Å². The van der Waals surface area contributed by atoms with Gasteiger partial charge in [0, 0.05) is 19.2 Å². The Labute approximate surface area is 227 Å². The van der Waals surface area contributed by atoms with E-state index in [1.54, 1.807) is 4.90 Å². The van der Waals surface area contributed by atoms with Crippen LogP contribution in [0.4, 0.5) is 10.1 Å². The van der Waals surface area contributed by atoms with Crippen molar-refractivity contribution < 1.29 is 27.1 Å². The van der Waals surface area contributed by atoms with Crippen LogP contribution in [0.25, 0.3) is 0 Å². The molecule has 0 atom stereocenters. The topological polar surface area (TPSA) is 76.2 Å². The number of fused-ring (bicyclic) bond motifs is 1. The zero-order chi connectivity index (χ0) is 27.2. The van der Waals surface area contributed by atoms with Crippen LogP contribution in [-0.4, -0.2) is 39.0 Å². The molecular formula is C30H27FN2O5S. The minimum atomic E-state index is -4.25. The average Bonchev–Trinajstić information content (AvgIpc) is 2.97. The van der Waals surface area contributed by atoms with E-state index in [1.807, 2.05) is 60.7 Å². The van der Waals surface area contributed by atoms with Crippen molar-refractivity contribution in [1.29, 1.82) is 0 Å². The molecule has 0 aliphatic carbocycles. The highest BCUT2D eigenvalue weighted by molar-refractivity contribution is 7.92. The summed E-state index contributed by atoms with van der Waals surface area (Å²) in [4.78, 5) is 15.4. The molecular weight excluding hydrogens is 519 g/mol. The minimum absolute atomic E-state index is 0.0680. The van der Waals surface area contributed by atoms with E-state index in [0.29, 0.717) is 24.7 Å². The number of carbonyl (C=O) groups excluding carboxylic acids is 1. The lowest BCUT2D eigenvalue weighted by atomic mass is 10.1. The van der Waals surface area contributed by atoms with Gasteiger partial charge in [-0.3, -0.25) is 9.10 Å². The minimum Gasteiger partial charge on any atom is -0.486 e. The maximum atomic E-state index is 13.9. The lowest BCUT2D eigenvalue weighted by Crippen LogP contribution is -2.42. The number of carbonyl (C=O) groups is 1. The highest BCUT2D eigenvalue weighted by Crippen LogP contribution is 2.34. The van der Waals surface area contributed by atoms with Crippen LogP contribution in [0.5, 0.6) is 11.5 Å². The van der Waals surface area contributed by atoms with Crippen molar-refractivity contribution in [2.45, 2.75) is 18.0 Å². The van der Waals surface area contributed by atoms with E-state index in [4.69, 9.17) is 9.47 Å². The molecule has 7 nitrogen and oxygen atoms in total. The van der Waals surface area contributed by atoms with Crippen LogP contribution in [0.1, 0.15) is 11.1 Å². The molecule has 0 saturated heterocycles. The molecule has 1 heterocycles. The summed E-state index contributed by atoms with van der Waals surface area (Å²) in [5, 5.41) is 0. The molecule has 0 aromatic heterocycles. The number of anilines is 1. The molecule has 0 radical (unpaired) electrons. The average molecular weight is 547 g/mol. The fourth-order valence-electron chi connectivity index (χ4n) is 4.30. The Kier molecular flexibility index (Phi) is 7.79. The van der Waals surface area contributed by atoms with Gasteiger partial charge >= 0.3 is 0 Å². The highest BCUT2D eigenvalue weighted by atomic mass is 32.2. The van der Waals surface area contributed by atoms with Gasteiger partial charge in [0.1, 0.15) is 25.6 Å². The number of amides is 1. The van der Waals surface area contributed by atoms with Crippen LogP contribution < -0.4 is 13.8 Å². The van der Waals surface area contributed by atoms with E-state index in [1.165, 1.54) is 30.3 Å². The number of benzene rings is 4. The molecule has 1 amide bonds. The Bertz CT molecular complexity index is 1490. The van der Waals surface area contributed by atoms with Gasteiger partial charge in [-0.15, -0.1) is 0 Å². The van der Waals surface area contributed by atoms with Crippen molar-refractivity contribution in [2.24, 2.45) is 0 Å². The largest absolute Gasteiger partial charge is 0.486 e. The molecule has 0 N–H and O–H groups in total. The van der Waals surface area contributed by atoms with E-state index < -0.39 is 28.3 Å². The first-order valence-corrected chi connectivity index (χ1v) is 13.9. The molecule has 4 aromatic rings. The number of rotatable bonds is 9. The molecule has 0 bridgehead atoms. The van der Waals surface area contributed by atoms with Gasteiger partial charge in [-0.2, -0.15) is 0 Å². The first-order chi connectivity index (χ1) is 18.9. The molecule has 1 aliphatic heterocycles. The number of ether oxygens (including phenoxy) is 2. The second-order valence-electron chi connectivity index (χ2n) is 9.01. The summed E-state index contributed by atoms with van der Waals surface area (Å²) in [5.74, 6) is -0.173. The molecule has 0 spiro atoms. The Balaban J connectivity index is 1.49. The van der Waals surface area contributed by atoms with Gasteiger partial charge in [0.15, 0.2) is 11.5 Å². The number of sulfonamides is 1. The fraction of sp³-hybridized carbons (Fsp3) is 0.167. The first kappa shape index (κ1) is 26.2. The van der Waals surface area contributed by atoms with Crippen molar-refractivity contribution in [3.63, 3.8) is 0 Å². The zero-order valence-corrected chi connectivity index (χ0v) is 21.9. The first-order valence-electron chi connectivity index (χ1n) is 12.4. The molecule has 0 unspecified atom stereocenters. The van der Waals surface area contributed by atoms with Crippen LogP contribution in [0.3, 0.4) is 0 Å². The molecule has 5 rings (SSSR count). The summed E-state index contributed by atoms with van der Waals surface area (Å²) in [6.07, 6.45) is 0. The van der Waals surface area contributed by atoms with Crippen LogP contribution in [-0.2, 0) is 27.9 Å². The standard InChI is InChI=1S/C30H27FN2O5S/c31-25-11-13-26(14-12-25)33(39(35,36)27-15-16-28-29(19-27)38-18-17-37-28)22-30(34)32(20-23-7-3-1-4-8-23)21-24-9-5-2-6-10-24/h1-16,19H,17-18,20-22H2. The Morgan fingerprint density at radius 2 is 1.31 bits per heavy atom. The molecule has 200 valence electrons. The summed E-state index contributed by atoms with van der Waals surface area (Å²) < 4.78 is 53.8. The van der Waals surface area contributed by atoms with Crippen molar-refractivity contribution in [1.82, 2.24) is 4.90 Å². The molecule has 9 heteroatoms. The Hall–Kier alpha value is -4.37. The fourth-order valence-corrected chi connectivity index (χ4v) is 5.73. The number of halogens is 1. The molecule has 4 aromatic carbocycles. The third-order valence-electron chi connectivity index (χ3n) is 6.28. The maximum absolute atomic E-state index is 13.9. The summed E-state index contributed by atoms with van der Waals surface area (Å²) in [7, 11) is -4.25. The number of nitrogens with zero attached hydrogens (tertiary/aromatic N) is 2. The predicted octanol–water partition coefficient (Wildman–Crippen LogP) is 5.02. The van der Waals surface area contributed by atoms with Crippen molar-refractivity contribution in [2.75, 3.05) is 24.1 Å². The van der Waals surface area contributed by atoms with Crippen molar-refractivity contribution >= 4 is 21.6 Å². The van der Waals surface area contributed by atoms with E-state index in [0.717, 1.165) is 27.6 Å². The Morgan fingerprint density at radius 1 is 0.744 bits per heavy atom. The summed E-state index contributed by atoms with van der Waals surface area (Å²) in [6, 6.07) is 28.3. The van der Waals surface area contributed by atoms with Crippen LogP contribution >= 0.6 is 0 Å². The van der Waals surface area contributed by atoms with Crippen LogP contribution in [0.15, 0.2) is 108 Å². The maximum Gasteiger partial charge on any atom is 0.264 e. The van der Waals surface area contributed by atoms with Gasteiger partial charge in [0.25, 0.3) is 10.0 Å². The lowest BCUT2D eigenvalue weighted by Gasteiger charge is -2.29. The van der Waals surface area contributed by atoms with Crippen molar-refractivity contribution in [3.05, 3.63) is 120 Å². The van der Waals surface area contributed by atoms with Gasteiger partial charge < -0.3 is 14.4 Å². The van der Waals surface area contributed by atoms with Crippen molar-refractivity contribution in [3.8, 4) is 11.5 Å². The second kappa shape index (κ2) is 11.6. The summed E-state index contributed by atoms with van der Waals surface area (Å²) in [6.45, 7) is 0.756. The number of hydrogen-bond donors (Lipinski definition) is 0. The third-order valence-corrected chi connectivity index (χ3v) is 8.05.